The fourth-order valence-electron chi connectivity index (χ4n) is 3.86. The first kappa shape index (κ1) is 16.3. The van der Waals surface area contributed by atoms with E-state index in [0.717, 1.165) is 66.4 Å². The van der Waals surface area contributed by atoms with Crippen molar-refractivity contribution in [2.75, 3.05) is 31.1 Å². The molecule has 136 valence electrons. The SMILES string of the molecule is Cc1nc(N2CCN(Cc3ccccc3)CC2)c2oc3ccccc3c2n1. The molecule has 2 aromatic carbocycles. The summed E-state index contributed by atoms with van der Waals surface area (Å²) in [5.41, 5.74) is 3.96. The maximum atomic E-state index is 6.13. The van der Waals surface area contributed by atoms with Gasteiger partial charge in [-0.3, -0.25) is 4.90 Å². The lowest BCUT2D eigenvalue weighted by Gasteiger charge is -2.35. The van der Waals surface area contributed by atoms with Crippen molar-refractivity contribution in [3.8, 4) is 0 Å². The third-order valence-corrected chi connectivity index (χ3v) is 5.23. The van der Waals surface area contributed by atoms with E-state index in [1.807, 2.05) is 25.1 Å². The number of fused-ring (bicyclic) bond motifs is 3. The van der Waals surface area contributed by atoms with Crippen molar-refractivity contribution in [2.24, 2.45) is 0 Å². The number of aromatic nitrogens is 2. The molecule has 0 amide bonds. The number of anilines is 1. The molecular formula is C22H22N4O. The first-order valence-electron chi connectivity index (χ1n) is 9.45. The third-order valence-electron chi connectivity index (χ3n) is 5.23. The highest BCUT2D eigenvalue weighted by molar-refractivity contribution is 6.05. The molecule has 3 heterocycles. The molecule has 5 nitrogen and oxygen atoms in total. The number of para-hydroxylation sites is 1. The molecule has 27 heavy (non-hydrogen) atoms. The lowest BCUT2D eigenvalue weighted by molar-refractivity contribution is 0.249. The van der Waals surface area contributed by atoms with Crippen LogP contribution < -0.4 is 4.90 Å². The first-order chi connectivity index (χ1) is 13.3. The Bertz CT molecular complexity index is 1080. The maximum absolute atomic E-state index is 6.13. The molecule has 5 rings (SSSR count). The fourth-order valence-corrected chi connectivity index (χ4v) is 3.86. The molecule has 1 aliphatic heterocycles. The number of rotatable bonds is 3. The van der Waals surface area contributed by atoms with E-state index < -0.39 is 0 Å². The second-order valence-electron chi connectivity index (χ2n) is 7.12. The number of aryl methyl sites for hydroxylation is 1. The van der Waals surface area contributed by atoms with E-state index in [1.165, 1.54) is 5.56 Å². The Hall–Kier alpha value is -2.92. The number of benzene rings is 2. The molecule has 0 bridgehead atoms. The van der Waals surface area contributed by atoms with E-state index >= 15 is 0 Å². The van der Waals surface area contributed by atoms with Gasteiger partial charge in [-0.05, 0) is 24.6 Å². The molecule has 0 radical (unpaired) electrons. The highest BCUT2D eigenvalue weighted by Gasteiger charge is 2.23. The van der Waals surface area contributed by atoms with Crippen molar-refractivity contribution in [1.82, 2.24) is 14.9 Å². The largest absolute Gasteiger partial charge is 0.450 e. The second kappa shape index (κ2) is 6.67. The van der Waals surface area contributed by atoms with Gasteiger partial charge in [-0.15, -0.1) is 0 Å². The lowest BCUT2D eigenvalue weighted by Crippen LogP contribution is -2.46. The van der Waals surface area contributed by atoms with Crippen LogP contribution in [0.4, 0.5) is 5.82 Å². The van der Waals surface area contributed by atoms with Gasteiger partial charge >= 0.3 is 0 Å². The fraction of sp³-hybridized carbons (Fsp3) is 0.273. The average molecular weight is 358 g/mol. The van der Waals surface area contributed by atoms with Gasteiger partial charge in [0.05, 0.1) is 0 Å². The Kier molecular flexibility index (Phi) is 4.02. The summed E-state index contributed by atoms with van der Waals surface area (Å²) in [6.45, 7) is 6.86. The molecule has 1 aliphatic rings. The van der Waals surface area contributed by atoms with Crippen LogP contribution in [0, 0.1) is 6.92 Å². The summed E-state index contributed by atoms with van der Waals surface area (Å²) in [5.74, 6) is 1.71. The molecule has 0 aliphatic carbocycles. The van der Waals surface area contributed by atoms with Crippen LogP contribution in [-0.2, 0) is 6.54 Å². The zero-order valence-electron chi connectivity index (χ0n) is 15.4. The predicted octanol–water partition coefficient (Wildman–Crippen LogP) is 4.01. The maximum Gasteiger partial charge on any atom is 0.196 e. The average Bonchev–Trinajstić information content (AvgIpc) is 3.07. The van der Waals surface area contributed by atoms with Gasteiger partial charge in [0.2, 0.25) is 0 Å². The van der Waals surface area contributed by atoms with Gasteiger partial charge in [-0.1, -0.05) is 42.5 Å². The zero-order chi connectivity index (χ0) is 18.2. The summed E-state index contributed by atoms with van der Waals surface area (Å²) in [7, 11) is 0. The van der Waals surface area contributed by atoms with Crippen LogP contribution in [0.3, 0.4) is 0 Å². The summed E-state index contributed by atoms with van der Waals surface area (Å²) < 4.78 is 6.13. The Morgan fingerprint density at radius 3 is 2.44 bits per heavy atom. The van der Waals surface area contributed by atoms with Crippen LogP contribution >= 0.6 is 0 Å². The van der Waals surface area contributed by atoms with E-state index in [0.29, 0.717) is 0 Å². The Morgan fingerprint density at radius 2 is 1.63 bits per heavy atom. The summed E-state index contributed by atoms with van der Waals surface area (Å²) in [6.07, 6.45) is 0. The third kappa shape index (κ3) is 3.04. The molecule has 0 unspecified atom stereocenters. The van der Waals surface area contributed by atoms with Crippen molar-refractivity contribution in [3.63, 3.8) is 0 Å². The van der Waals surface area contributed by atoms with Gasteiger partial charge in [0, 0.05) is 38.1 Å². The normalized spacial score (nSPS) is 15.7. The van der Waals surface area contributed by atoms with Crippen LogP contribution in [0.15, 0.2) is 59.0 Å². The van der Waals surface area contributed by atoms with Crippen LogP contribution in [0.5, 0.6) is 0 Å². The Morgan fingerprint density at radius 1 is 0.889 bits per heavy atom. The summed E-state index contributed by atoms with van der Waals surface area (Å²) >= 11 is 0. The molecule has 0 atom stereocenters. The van der Waals surface area contributed by atoms with Gasteiger partial charge in [0.25, 0.3) is 0 Å². The van der Waals surface area contributed by atoms with Crippen molar-refractivity contribution in [1.29, 1.82) is 0 Å². The highest BCUT2D eigenvalue weighted by Crippen LogP contribution is 2.33. The Labute approximate surface area is 158 Å². The number of hydrogen-bond acceptors (Lipinski definition) is 5. The summed E-state index contributed by atoms with van der Waals surface area (Å²) in [6, 6.07) is 18.7. The van der Waals surface area contributed by atoms with Crippen LogP contribution in [0.25, 0.3) is 22.1 Å². The number of furan rings is 1. The zero-order valence-corrected chi connectivity index (χ0v) is 15.4. The van der Waals surface area contributed by atoms with Gasteiger partial charge in [0.15, 0.2) is 11.4 Å². The van der Waals surface area contributed by atoms with E-state index in [2.05, 4.69) is 51.2 Å². The Balaban J connectivity index is 1.41. The van der Waals surface area contributed by atoms with E-state index in [9.17, 15) is 0 Å². The predicted molar refractivity (Wildman–Crippen MR) is 108 cm³/mol. The lowest BCUT2D eigenvalue weighted by atomic mass is 10.2. The van der Waals surface area contributed by atoms with Crippen LogP contribution in [-0.4, -0.2) is 41.0 Å². The first-order valence-corrected chi connectivity index (χ1v) is 9.45. The monoisotopic (exact) mass is 358 g/mol. The minimum absolute atomic E-state index is 0.788. The molecule has 0 saturated carbocycles. The van der Waals surface area contributed by atoms with Crippen molar-refractivity contribution in [3.05, 3.63) is 66.0 Å². The number of hydrogen-bond donors (Lipinski definition) is 0. The number of nitrogens with zero attached hydrogens (tertiary/aromatic N) is 4. The topological polar surface area (TPSA) is 45.4 Å². The molecule has 5 heteroatoms. The minimum atomic E-state index is 0.788. The van der Waals surface area contributed by atoms with Crippen molar-refractivity contribution >= 4 is 27.9 Å². The van der Waals surface area contributed by atoms with Gasteiger partial charge in [-0.2, -0.15) is 0 Å². The van der Waals surface area contributed by atoms with E-state index in [4.69, 9.17) is 9.40 Å². The number of piperazine rings is 1. The molecule has 1 saturated heterocycles. The smallest absolute Gasteiger partial charge is 0.196 e. The molecule has 0 N–H and O–H groups in total. The standard InChI is InChI=1S/C22H22N4O/c1-16-23-20-18-9-5-6-10-19(18)27-21(20)22(24-16)26-13-11-25(12-14-26)15-17-7-3-2-4-8-17/h2-10H,11-15H2,1H3. The van der Waals surface area contributed by atoms with Gasteiger partial charge < -0.3 is 9.32 Å². The minimum Gasteiger partial charge on any atom is -0.450 e. The van der Waals surface area contributed by atoms with Gasteiger partial charge in [0.1, 0.15) is 16.9 Å². The molecular weight excluding hydrogens is 336 g/mol. The van der Waals surface area contributed by atoms with Gasteiger partial charge in [-0.25, -0.2) is 9.97 Å². The van der Waals surface area contributed by atoms with Crippen molar-refractivity contribution in [2.45, 2.75) is 13.5 Å². The van der Waals surface area contributed by atoms with Crippen LogP contribution in [0.1, 0.15) is 11.4 Å². The molecule has 2 aromatic heterocycles. The van der Waals surface area contributed by atoms with Crippen LogP contribution in [0.2, 0.25) is 0 Å². The summed E-state index contributed by atoms with van der Waals surface area (Å²) in [5, 5.41) is 1.06. The second-order valence-corrected chi connectivity index (χ2v) is 7.12. The summed E-state index contributed by atoms with van der Waals surface area (Å²) in [4.78, 5) is 14.2. The molecule has 1 fully saturated rings. The van der Waals surface area contributed by atoms with E-state index in [-0.39, 0.29) is 0 Å². The quantitative estimate of drug-likeness (QED) is 0.554. The molecule has 0 spiro atoms. The van der Waals surface area contributed by atoms with E-state index in [1.54, 1.807) is 0 Å². The highest BCUT2D eigenvalue weighted by atomic mass is 16.3. The van der Waals surface area contributed by atoms with Crippen molar-refractivity contribution < 1.29 is 4.42 Å². The molecule has 4 aromatic rings.